The van der Waals surface area contributed by atoms with E-state index in [1.165, 1.54) is 5.56 Å². The second-order valence-electron chi connectivity index (χ2n) is 6.57. The van der Waals surface area contributed by atoms with Crippen LogP contribution in [0.1, 0.15) is 41.3 Å². The number of aliphatic carboxylic acids is 1. The summed E-state index contributed by atoms with van der Waals surface area (Å²) in [4.78, 5) is 15.2. The number of benzene rings is 1. The van der Waals surface area contributed by atoms with Crippen LogP contribution in [0.5, 0.6) is 11.5 Å². The van der Waals surface area contributed by atoms with E-state index in [-0.39, 0.29) is 6.04 Å². The lowest BCUT2D eigenvalue weighted by atomic mass is 9.93. The topological polar surface area (TPSA) is 59.0 Å². The minimum Gasteiger partial charge on any atom is -0.497 e. The number of ether oxygens (including phenoxy) is 2. The van der Waals surface area contributed by atoms with Crippen LogP contribution in [0.15, 0.2) is 29.6 Å². The minimum atomic E-state index is -0.759. The highest BCUT2D eigenvalue weighted by Crippen LogP contribution is 2.42. The average molecular weight is 375 g/mol. The second-order valence-corrected chi connectivity index (χ2v) is 7.51. The Bertz CT molecular complexity index is 773. The van der Waals surface area contributed by atoms with Gasteiger partial charge < -0.3 is 14.6 Å². The van der Waals surface area contributed by atoms with E-state index in [4.69, 9.17) is 9.47 Å². The molecule has 5 nitrogen and oxygen atoms in total. The summed E-state index contributed by atoms with van der Waals surface area (Å²) >= 11 is 1.66. The quantitative estimate of drug-likeness (QED) is 0.824. The zero-order valence-electron chi connectivity index (χ0n) is 15.4. The maximum absolute atomic E-state index is 11.9. The van der Waals surface area contributed by atoms with Crippen molar-refractivity contribution in [3.63, 3.8) is 0 Å². The molecule has 1 aliphatic rings. The van der Waals surface area contributed by atoms with Gasteiger partial charge in [0.1, 0.15) is 17.5 Å². The van der Waals surface area contributed by atoms with Gasteiger partial charge in [0.05, 0.1) is 20.3 Å². The van der Waals surface area contributed by atoms with E-state index in [0.29, 0.717) is 6.42 Å². The van der Waals surface area contributed by atoms with E-state index in [1.807, 2.05) is 18.2 Å². The standard InChI is InChI=1S/C20H25NO4S/c1-13-9-11-26-19(13)18(21-10-5-4-6-16(21)20(22)23)15-12-14(24-2)7-8-17(15)25-3/h7-9,11-12,16,18H,4-6,10H2,1-3H3,(H,22,23). The molecule has 1 aromatic carbocycles. The lowest BCUT2D eigenvalue weighted by Crippen LogP contribution is -2.46. The molecule has 6 heteroatoms. The number of piperidine rings is 1. The van der Waals surface area contributed by atoms with Crippen molar-refractivity contribution in [2.75, 3.05) is 20.8 Å². The number of hydrogen-bond acceptors (Lipinski definition) is 5. The predicted molar refractivity (Wildman–Crippen MR) is 102 cm³/mol. The Hall–Kier alpha value is -2.05. The van der Waals surface area contributed by atoms with Crippen molar-refractivity contribution >= 4 is 17.3 Å². The fraction of sp³-hybridized carbons (Fsp3) is 0.450. The van der Waals surface area contributed by atoms with Gasteiger partial charge in [-0.25, -0.2) is 0 Å². The van der Waals surface area contributed by atoms with Crippen LogP contribution in [-0.2, 0) is 4.79 Å². The molecule has 26 heavy (non-hydrogen) atoms. The van der Waals surface area contributed by atoms with Crippen LogP contribution in [0.2, 0.25) is 0 Å². The molecule has 0 aliphatic carbocycles. The van der Waals surface area contributed by atoms with Crippen molar-refractivity contribution in [2.24, 2.45) is 0 Å². The molecular formula is C20H25NO4S. The first-order valence-electron chi connectivity index (χ1n) is 8.81. The van der Waals surface area contributed by atoms with Crippen molar-refractivity contribution in [3.8, 4) is 11.5 Å². The average Bonchev–Trinajstić information content (AvgIpc) is 3.08. The summed E-state index contributed by atoms with van der Waals surface area (Å²) in [5.41, 5.74) is 2.12. The fourth-order valence-electron chi connectivity index (χ4n) is 3.72. The molecule has 2 atom stereocenters. The third kappa shape index (κ3) is 3.57. The van der Waals surface area contributed by atoms with E-state index in [1.54, 1.807) is 25.6 Å². The van der Waals surface area contributed by atoms with Crippen molar-refractivity contribution in [3.05, 3.63) is 45.6 Å². The van der Waals surface area contributed by atoms with E-state index < -0.39 is 12.0 Å². The molecule has 1 aromatic heterocycles. The summed E-state index contributed by atoms with van der Waals surface area (Å²) in [5.74, 6) is 0.730. The molecule has 3 rings (SSSR count). The zero-order chi connectivity index (χ0) is 18.7. The smallest absolute Gasteiger partial charge is 0.320 e. The van der Waals surface area contributed by atoms with Crippen LogP contribution in [0, 0.1) is 6.92 Å². The van der Waals surface area contributed by atoms with Gasteiger partial charge in [-0.1, -0.05) is 6.42 Å². The van der Waals surface area contributed by atoms with E-state index in [2.05, 4.69) is 23.3 Å². The van der Waals surface area contributed by atoms with Gasteiger partial charge in [-0.15, -0.1) is 11.3 Å². The molecule has 1 fully saturated rings. The summed E-state index contributed by atoms with van der Waals surface area (Å²) in [5, 5.41) is 11.9. The SMILES string of the molecule is COc1ccc(OC)c(C(c2sccc2C)N2CCCCC2C(=O)O)c1. The Morgan fingerprint density at radius 2 is 2.08 bits per heavy atom. The Balaban J connectivity index is 2.16. The number of carboxylic acids is 1. The number of thiophene rings is 1. The summed E-state index contributed by atoms with van der Waals surface area (Å²) in [7, 11) is 3.28. The highest BCUT2D eigenvalue weighted by atomic mass is 32.1. The molecule has 1 saturated heterocycles. The minimum absolute atomic E-state index is 0.165. The Morgan fingerprint density at radius 3 is 2.69 bits per heavy atom. The lowest BCUT2D eigenvalue weighted by Gasteiger charge is -2.39. The molecule has 0 saturated carbocycles. The Kier molecular flexibility index (Phi) is 5.84. The monoisotopic (exact) mass is 375 g/mol. The van der Waals surface area contributed by atoms with Gasteiger partial charge in [-0.3, -0.25) is 9.69 Å². The number of nitrogens with zero attached hydrogens (tertiary/aromatic N) is 1. The van der Waals surface area contributed by atoms with Crippen LogP contribution >= 0.6 is 11.3 Å². The second kappa shape index (κ2) is 8.10. The molecule has 140 valence electrons. The Labute approximate surface area is 158 Å². The molecule has 0 spiro atoms. The first-order chi connectivity index (χ1) is 12.6. The third-order valence-electron chi connectivity index (χ3n) is 5.04. The maximum atomic E-state index is 11.9. The van der Waals surface area contributed by atoms with E-state index >= 15 is 0 Å². The Morgan fingerprint density at radius 1 is 1.27 bits per heavy atom. The number of carbonyl (C=O) groups is 1. The van der Waals surface area contributed by atoms with Crippen LogP contribution in [0.4, 0.5) is 0 Å². The predicted octanol–water partition coefficient (Wildman–Crippen LogP) is 4.10. The van der Waals surface area contributed by atoms with Crippen molar-refractivity contribution in [1.82, 2.24) is 4.90 Å². The maximum Gasteiger partial charge on any atom is 0.320 e. The van der Waals surface area contributed by atoms with Gasteiger partial charge in [-0.2, -0.15) is 0 Å². The highest BCUT2D eigenvalue weighted by Gasteiger charge is 2.37. The highest BCUT2D eigenvalue weighted by molar-refractivity contribution is 7.10. The lowest BCUT2D eigenvalue weighted by molar-refractivity contribution is -0.145. The van der Waals surface area contributed by atoms with Gasteiger partial charge in [-0.05, 0) is 61.5 Å². The van der Waals surface area contributed by atoms with Gasteiger partial charge in [0, 0.05) is 10.4 Å². The van der Waals surface area contributed by atoms with Crippen LogP contribution in [-0.4, -0.2) is 42.8 Å². The molecule has 2 unspecified atom stereocenters. The number of methoxy groups -OCH3 is 2. The molecule has 1 N–H and O–H groups in total. The largest absolute Gasteiger partial charge is 0.497 e. The molecule has 2 aromatic rings. The van der Waals surface area contributed by atoms with Gasteiger partial charge >= 0.3 is 5.97 Å². The van der Waals surface area contributed by atoms with Crippen LogP contribution in [0.25, 0.3) is 0 Å². The van der Waals surface area contributed by atoms with Gasteiger partial charge in [0.2, 0.25) is 0 Å². The molecule has 0 radical (unpaired) electrons. The van der Waals surface area contributed by atoms with Crippen LogP contribution in [0.3, 0.4) is 0 Å². The normalized spacial score (nSPS) is 19.1. The van der Waals surface area contributed by atoms with E-state index in [0.717, 1.165) is 41.3 Å². The summed E-state index contributed by atoms with van der Waals surface area (Å²) in [6, 6.07) is 7.15. The first kappa shape index (κ1) is 18.7. The molecule has 0 amide bonds. The molecular weight excluding hydrogens is 350 g/mol. The van der Waals surface area contributed by atoms with Crippen molar-refractivity contribution in [2.45, 2.75) is 38.3 Å². The number of carboxylic acid groups (broad SMARTS) is 1. The summed E-state index contributed by atoms with van der Waals surface area (Å²) in [6.45, 7) is 2.82. The molecule has 2 heterocycles. The zero-order valence-corrected chi connectivity index (χ0v) is 16.2. The fourth-order valence-corrected chi connectivity index (χ4v) is 4.78. The number of hydrogen-bond donors (Lipinski definition) is 1. The summed E-state index contributed by atoms with van der Waals surface area (Å²) < 4.78 is 11.1. The van der Waals surface area contributed by atoms with Crippen molar-refractivity contribution in [1.29, 1.82) is 0 Å². The number of aryl methyl sites for hydroxylation is 1. The van der Waals surface area contributed by atoms with Gasteiger partial charge in [0.25, 0.3) is 0 Å². The van der Waals surface area contributed by atoms with E-state index in [9.17, 15) is 9.90 Å². The first-order valence-corrected chi connectivity index (χ1v) is 9.69. The van der Waals surface area contributed by atoms with Crippen LogP contribution < -0.4 is 9.47 Å². The summed E-state index contributed by atoms with van der Waals surface area (Å²) in [6.07, 6.45) is 2.61. The molecule has 1 aliphatic heterocycles. The van der Waals surface area contributed by atoms with Gasteiger partial charge in [0.15, 0.2) is 0 Å². The van der Waals surface area contributed by atoms with Crippen molar-refractivity contribution < 1.29 is 19.4 Å². The third-order valence-corrected chi connectivity index (χ3v) is 6.11. The number of rotatable bonds is 6. The number of likely N-dealkylation sites (tertiary alicyclic amines) is 1. The molecule has 0 bridgehead atoms.